The second kappa shape index (κ2) is 56.6. The summed E-state index contributed by atoms with van der Waals surface area (Å²) in [7, 11) is 0. The van der Waals surface area contributed by atoms with E-state index in [9.17, 15) is 142 Å². The number of hydrogen-bond acceptors (Lipinski definition) is 28. The first-order valence-electron chi connectivity index (χ1n) is 45.1. The van der Waals surface area contributed by atoms with E-state index in [0.29, 0.717) is 49.8 Å². The van der Waals surface area contributed by atoms with Gasteiger partial charge in [0.05, 0.1) is 122 Å². The zero-order valence-electron chi connectivity index (χ0n) is 76.3. The first-order chi connectivity index (χ1) is 62.9. The molecular weight excluding hydrogens is 1750 g/mol. The number of aliphatic hydroxyl groups excluding tert-OH is 4. The van der Waals surface area contributed by atoms with Gasteiger partial charge in [-0.3, -0.25) is 101 Å². The topological polar surface area (TPSA) is 637 Å². The van der Waals surface area contributed by atoms with Gasteiger partial charge in [-0.25, -0.2) is 0 Å². The molecule has 0 aromatic heterocycles. The molecule has 1 heterocycles. The fraction of sp³-hybridized carbons (Fsp3) is 0.596. The molecule has 38 nitrogen and oxygen atoms in total. The third-order valence-corrected chi connectivity index (χ3v) is 25.0. The Morgan fingerprint density at radius 1 is 0.436 bits per heavy atom. The van der Waals surface area contributed by atoms with Crippen LogP contribution < -0.4 is 43.0 Å². The van der Waals surface area contributed by atoms with E-state index < -0.39 is 286 Å². The minimum absolute atomic E-state index is 0.0237. The predicted molar refractivity (Wildman–Crippen MR) is 481 cm³/mol. The number of carbonyl (C=O) groups excluding carboxylic acids is 17. The molecule has 0 radical (unpaired) electrons. The number of carboxylic acids is 3. The highest BCUT2D eigenvalue weighted by Gasteiger charge is 2.52. The summed E-state index contributed by atoms with van der Waals surface area (Å²) in [6.45, 7) is 8.22. The van der Waals surface area contributed by atoms with E-state index in [1.54, 1.807) is 65.0 Å². The van der Waals surface area contributed by atoms with Crippen LogP contribution >= 0.6 is 11.8 Å². The maximum atomic E-state index is 14.9. The number of aliphatic carboxylic acids is 3. The molecule has 9 amide bonds. The Bertz CT molecular complexity index is 4510. The number of Topliss-reactive ketones (excluding diaryl/α,β-unsaturated/α-hetero) is 8. The molecule has 0 bridgehead atoms. The number of fused-ring (bicyclic) bond motifs is 1. The monoisotopic (exact) mass is 1880 g/mol. The van der Waals surface area contributed by atoms with Gasteiger partial charge in [-0.15, -0.1) is 11.8 Å². The number of phenols is 2. The van der Waals surface area contributed by atoms with Gasteiger partial charge in [0.2, 0.25) is 53.2 Å². The summed E-state index contributed by atoms with van der Waals surface area (Å²) < 4.78 is 0. The van der Waals surface area contributed by atoms with Crippen molar-refractivity contribution in [2.75, 3.05) is 44.4 Å². The van der Waals surface area contributed by atoms with Gasteiger partial charge >= 0.3 is 17.9 Å². The molecule has 133 heavy (non-hydrogen) atoms. The number of rotatable bonds is 67. The molecule has 39 heteroatoms. The van der Waals surface area contributed by atoms with Crippen LogP contribution in [0, 0.1) is 65.1 Å². The van der Waals surface area contributed by atoms with Crippen LogP contribution in [0.5, 0.6) is 11.5 Å². The Labute approximate surface area is 776 Å². The maximum Gasteiger partial charge on any atom is 0.304 e. The molecule has 1 saturated carbocycles. The molecule has 1 aliphatic heterocycles. The van der Waals surface area contributed by atoms with Crippen molar-refractivity contribution in [1.29, 1.82) is 0 Å². The minimum Gasteiger partial charge on any atom is -0.508 e. The predicted octanol–water partition coefficient (Wildman–Crippen LogP) is 2.46. The summed E-state index contributed by atoms with van der Waals surface area (Å²) in [6.07, 6.45) is -8.68. The van der Waals surface area contributed by atoms with Crippen molar-refractivity contribution in [2.45, 2.75) is 245 Å². The Balaban J connectivity index is 1.28. The Morgan fingerprint density at radius 2 is 0.895 bits per heavy atom. The second-order valence-electron chi connectivity index (χ2n) is 35.4. The lowest BCUT2D eigenvalue weighted by Crippen LogP contribution is -2.52. The van der Waals surface area contributed by atoms with E-state index in [2.05, 4.69) is 37.2 Å². The van der Waals surface area contributed by atoms with Gasteiger partial charge in [-0.1, -0.05) is 95.1 Å². The van der Waals surface area contributed by atoms with Crippen LogP contribution in [0.4, 0.5) is 0 Å². The second-order valence-corrected chi connectivity index (χ2v) is 36.3. The van der Waals surface area contributed by atoms with Crippen LogP contribution in [0.15, 0.2) is 78.9 Å². The van der Waals surface area contributed by atoms with E-state index in [0.717, 1.165) is 25.6 Å². The molecule has 1 saturated heterocycles. The van der Waals surface area contributed by atoms with E-state index in [-0.39, 0.29) is 115 Å². The molecule has 3 aromatic carbocycles. The van der Waals surface area contributed by atoms with E-state index >= 15 is 0 Å². The summed E-state index contributed by atoms with van der Waals surface area (Å²) in [5.41, 5.74) is 6.77. The van der Waals surface area contributed by atoms with E-state index in [1.807, 2.05) is 0 Å². The van der Waals surface area contributed by atoms with Gasteiger partial charge < -0.3 is 88.9 Å². The Kier molecular flexibility index (Phi) is 47.7. The Morgan fingerprint density at radius 3 is 1.40 bits per heavy atom. The SMILES string of the molecule is CC[C@H](C)[C@H](NC(=O)[C@H](CO)CC(=O)[C@H](Cc1ccc(O)cc1)NC(=O)[C@H](CC(=O)O)CC(=O)[C@H](CO)NC(=O)[C@@H](CC(=O)[C@H](Cc1ccccc1)NC(=O)[C@@H](CC(=O)CNC(=O)[C@H](CCC(=O)O)CC(=O)CSCC(=O)CCCN1C(=O)[C@H]2CC[C@H]2C1=O)[C@@H](C)O)[C@@H](C)O)C(=O)C[C@@H](Cc1ccc(O)cc1)C(=O)N[C@@H](CC(C)C)C(=O)C[C@@H](CC(=O)O)C(=O)N[C@H](C)CCCCN. The zero-order valence-corrected chi connectivity index (χ0v) is 77.1. The molecule has 2 aliphatic rings. The number of thioether (sulfide) groups is 1. The number of nitrogens with one attached hydrogen (secondary N) is 7. The lowest BCUT2D eigenvalue weighted by molar-refractivity contribution is -0.143. The minimum atomic E-state index is -2.00. The number of amides is 9. The number of benzene rings is 3. The van der Waals surface area contributed by atoms with Crippen LogP contribution in [-0.4, -0.2) is 261 Å². The fourth-order valence-corrected chi connectivity index (χ4v) is 16.6. The zero-order chi connectivity index (χ0) is 99.0. The third-order valence-electron chi connectivity index (χ3n) is 24.0. The highest BCUT2D eigenvalue weighted by Crippen LogP contribution is 2.42. The fourth-order valence-electron chi connectivity index (χ4n) is 15.8. The molecule has 0 unspecified atom stereocenters. The van der Waals surface area contributed by atoms with Gasteiger partial charge in [-0.2, -0.15) is 0 Å². The number of aliphatic hydroxyl groups is 4. The quantitative estimate of drug-likeness (QED) is 0.0285. The number of phenolic OH excluding ortho intramolecular Hbond substituents is 2. The van der Waals surface area contributed by atoms with Crippen molar-refractivity contribution < 1.29 is 142 Å². The van der Waals surface area contributed by atoms with E-state index in [1.165, 1.54) is 53.4 Å². The van der Waals surface area contributed by atoms with Crippen molar-refractivity contribution in [3.8, 4) is 11.5 Å². The van der Waals surface area contributed by atoms with E-state index in [4.69, 9.17) is 5.73 Å². The first-order valence-corrected chi connectivity index (χ1v) is 46.3. The van der Waals surface area contributed by atoms with Crippen LogP contribution in [0.2, 0.25) is 0 Å². The number of unbranched alkanes of at least 4 members (excludes halogenated alkanes) is 1. The molecule has 3 aromatic rings. The number of carboxylic acid groups (broad SMARTS) is 3. The number of imide groups is 1. The molecule has 2 fully saturated rings. The number of hydrogen-bond donors (Lipinski definition) is 17. The van der Waals surface area contributed by atoms with Gasteiger partial charge in [0.1, 0.15) is 29.1 Å². The number of likely N-dealkylation sites (tertiary alicyclic amines) is 1. The number of ketones is 8. The molecular formula is C94H131N9O29S. The van der Waals surface area contributed by atoms with Crippen LogP contribution in [-0.2, 0) is 115 Å². The Hall–Kier alpha value is -11.4. The van der Waals surface area contributed by atoms with Gasteiger partial charge in [0.25, 0.3) is 0 Å². The van der Waals surface area contributed by atoms with Crippen LogP contribution in [0.25, 0.3) is 0 Å². The average molecular weight is 1880 g/mol. The summed E-state index contributed by atoms with van der Waals surface area (Å²) >= 11 is 0.950. The molecule has 732 valence electrons. The number of aromatic hydroxyl groups is 2. The third kappa shape index (κ3) is 38.3. The van der Waals surface area contributed by atoms with Crippen LogP contribution in [0.1, 0.15) is 194 Å². The van der Waals surface area contributed by atoms with Crippen molar-refractivity contribution >= 4 is 129 Å². The van der Waals surface area contributed by atoms with Crippen molar-refractivity contribution in [3.05, 3.63) is 95.6 Å². The lowest BCUT2D eigenvalue weighted by Gasteiger charge is -2.28. The molecule has 18 atom stereocenters. The normalized spacial score (nSPS) is 17.1. The molecule has 1 aliphatic carbocycles. The highest BCUT2D eigenvalue weighted by molar-refractivity contribution is 8.00. The van der Waals surface area contributed by atoms with Gasteiger partial charge in [0.15, 0.2) is 34.7 Å². The van der Waals surface area contributed by atoms with Crippen molar-refractivity contribution in [3.63, 3.8) is 0 Å². The standard InChI is InChI=1S/C94H131N9O29S/c1-8-52(4)85(81(117)40-60(34-57-19-24-64(108)25-20-57)88(126)98-73(33-51(2)3)77(113)38-61(42-83(120)121)87(125)97-53(5)15-12-13-31-95)102-90(128)63(47-104)41-78(114)74(36-58-21-26-65(109)27-22-58)99-89(127)62(43-84(122)123)39-79(115)76(48-105)101-92(130)72(55(7)107)45-80(116)75(35-56-16-10-9-11-17-56)100-91(129)71(54(6)106)44-67(111)46-96-86(124)59(23-30-82(118)119)37-68(112)50-133-49-66(110)18-14-32-103-93(131)69-28-29-70(69)94(103)132/h9-11,16-17,19-22,24-27,51-55,59-63,69-76,85,104-109H,8,12-15,18,23,28-50,95H2,1-7H3,(H,96,124)(H,97,125)(H,98,126)(H,99,127)(H,100,129)(H,101,130)(H,102,128)(H,118,119)(H,120,121)(H,122,123)/t52-,53+,54+,55+,59+,60+,61-,62-,63-,69-,70+,71-,72-,73-,74-,75-,76-,85-/m0/s1. The molecule has 18 N–H and O–H groups in total. The lowest BCUT2D eigenvalue weighted by atomic mass is 9.76. The summed E-state index contributed by atoms with van der Waals surface area (Å²) in [4.78, 5) is 274. The van der Waals surface area contributed by atoms with Gasteiger partial charge in [-0.05, 0) is 144 Å². The largest absolute Gasteiger partial charge is 0.508 e. The summed E-state index contributed by atoms with van der Waals surface area (Å²) in [6, 6.07) is 10.4. The average Bonchev–Trinajstić information content (AvgIpc) is 1.61. The summed E-state index contributed by atoms with van der Waals surface area (Å²) in [5, 5.41) is 111. The molecule has 0 spiro atoms. The molecule has 5 rings (SSSR count). The van der Waals surface area contributed by atoms with Crippen LogP contribution in [0.3, 0.4) is 0 Å². The number of carbonyl (C=O) groups is 20. The van der Waals surface area contributed by atoms with Crippen molar-refractivity contribution in [1.82, 2.24) is 42.1 Å². The first kappa shape index (κ1) is 112. The maximum absolute atomic E-state index is 14.9. The van der Waals surface area contributed by atoms with Crippen molar-refractivity contribution in [2.24, 2.45) is 70.8 Å². The smallest absolute Gasteiger partial charge is 0.304 e. The van der Waals surface area contributed by atoms with Gasteiger partial charge in [0, 0.05) is 82.2 Å². The summed E-state index contributed by atoms with van der Waals surface area (Å²) in [5.74, 6) is -31.2. The number of nitrogens with two attached hydrogens (primary N) is 1. The highest BCUT2D eigenvalue weighted by atomic mass is 32.2. The number of nitrogens with zero attached hydrogens (tertiary/aromatic N) is 1.